The Balaban J connectivity index is 1.19. The molecule has 168 valence electrons. The molecule has 31 heavy (non-hydrogen) atoms. The van der Waals surface area contributed by atoms with Gasteiger partial charge >= 0.3 is 0 Å². The first kappa shape index (κ1) is 21.9. The Morgan fingerprint density at radius 3 is 2.55 bits per heavy atom. The number of aliphatic imine (C=N–C) groups is 1. The molecular weight excluding hydrogens is 408 g/mol. The lowest BCUT2D eigenvalue weighted by atomic mass is 9.97. The average Bonchev–Trinajstić information content (AvgIpc) is 3.20. The third kappa shape index (κ3) is 5.68. The molecule has 0 spiro atoms. The molecule has 0 radical (unpaired) electrons. The summed E-state index contributed by atoms with van der Waals surface area (Å²) in [6.07, 6.45) is 2.43. The van der Waals surface area contributed by atoms with Crippen LogP contribution >= 0.6 is 11.3 Å². The molecule has 2 aliphatic rings. The van der Waals surface area contributed by atoms with Gasteiger partial charge < -0.3 is 20.2 Å². The van der Waals surface area contributed by atoms with Crippen molar-refractivity contribution in [1.82, 2.24) is 20.1 Å². The summed E-state index contributed by atoms with van der Waals surface area (Å²) in [5, 5.41) is 17.1. The highest BCUT2D eigenvalue weighted by atomic mass is 32.1. The van der Waals surface area contributed by atoms with E-state index in [0.717, 1.165) is 69.0 Å². The number of phenolic OH excluding ortho intramolecular Hbond substituents is 1. The topological polar surface area (TPSA) is 67.2 Å². The summed E-state index contributed by atoms with van der Waals surface area (Å²) in [5.41, 5.74) is 2.13. The van der Waals surface area contributed by atoms with Crippen molar-refractivity contribution in [1.29, 1.82) is 0 Å². The zero-order chi connectivity index (χ0) is 21.6. The van der Waals surface area contributed by atoms with Crippen LogP contribution < -0.4 is 10.2 Å². The summed E-state index contributed by atoms with van der Waals surface area (Å²) in [6, 6.07) is 7.59. The molecule has 4 rings (SSSR count). The van der Waals surface area contributed by atoms with Crippen molar-refractivity contribution in [3.05, 3.63) is 40.3 Å². The Kier molecular flexibility index (Phi) is 7.29. The van der Waals surface area contributed by atoms with Crippen molar-refractivity contribution in [2.45, 2.75) is 26.3 Å². The zero-order valence-electron chi connectivity index (χ0n) is 18.6. The Morgan fingerprint density at radius 1 is 1.16 bits per heavy atom. The second-order valence-corrected chi connectivity index (χ2v) is 9.53. The summed E-state index contributed by atoms with van der Waals surface area (Å²) in [6.45, 7) is 9.88. The predicted molar refractivity (Wildman–Crippen MR) is 128 cm³/mol. The smallest absolute Gasteiger partial charge is 0.193 e. The number of anilines is 1. The molecule has 0 saturated carbocycles. The molecule has 2 saturated heterocycles. The Bertz CT molecular complexity index is 868. The van der Waals surface area contributed by atoms with E-state index in [2.05, 4.69) is 42.3 Å². The monoisotopic (exact) mass is 442 g/mol. The van der Waals surface area contributed by atoms with Gasteiger partial charge in [-0.15, -0.1) is 11.3 Å². The van der Waals surface area contributed by atoms with Crippen molar-refractivity contribution in [2.24, 2.45) is 10.9 Å². The molecular formula is C23H34N6OS. The number of nitrogens with zero attached hydrogens (tertiary/aromatic N) is 5. The molecule has 0 amide bonds. The van der Waals surface area contributed by atoms with Crippen LogP contribution in [0.4, 0.5) is 5.69 Å². The number of likely N-dealkylation sites (tertiary alicyclic amines) is 1. The first-order valence-corrected chi connectivity index (χ1v) is 12.1. The number of aryl methyl sites for hydroxylation is 1. The number of phenols is 1. The van der Waals surface area contributed by atoms with Gasteiger partial charge in [0, 0.05) is 51.7 Å². The molecule has 2 N–H and O–H groups in total. The number of piperazine rings is 1. The van der Waals surface area contributed by atoms with E-state index >= 15 is 0 Å². The number of piperidine rings is 1. The van der Waals surface area contributed by atoms with Crippen LogP contribution in [-0.4, -0.2) is 78.7 Å². The minimum atomic E-state index is 0.356. The molecule has 2 aliphatic heterocycles. The average molecular weight is 443 g/mol. The molecule has 3 heterocycles. The van der Waals surface area contributed by atoms with Crippen LogP contribution in [0.25, 0.3) is 0 Å². The second kappa shape index (κ2) is 10.3. The first-order chi connectivity index (χ1) is 15.1. The van der Waals surface area contributed by atoms with E-state index in [0.29, 0.717) is 11.7 Å². The highest BCUT2D eigenvalue weighted by Crippen LogP contribution is 2.27. The van der Waals surface area contributed by atoms with Crippen molar-refractivity contribution < 1.29 is 5.11 Å². The van der Waals surface area contributed by atoms with Crippen LogP contribution in [0.5, 0.6) is 5.75 Å². The number of hydrogen-bond acceptors (Lipinski definition) is 6. The van der Waals surface area contributed by atoms with Crippen LogP contribution in [0.15, 0.2) is 34.6 Å². The number of aromatic nitrogens is 1. The number of benzene rings is 1. The third-order valence-corrected chi connectivity index (χ3v) is 7.14. The van der Waals surface area contributed by atoms with E-state index in [9.17, 15) is 5.11 Å². The minimum absolute atomic E-state index is 0.356. The fourth-order valence-electron chi connectivity index (χ4n) is 4.52. The maximum atomic E-state index is 10.1. The molecule has 0 aliphatic carbocycles. The lowest BCUT2D eigenvalue weighted by molar-refractivity contribution is 0.176. The van der Waals surface area contributed by atoms with Gasteiger partial charge in [0.2, 0.25) is 0 Å². The zero-order valence-corrected chi connectivity index (χ0v) is 19.4. The number of hydrogen-bond donors (Lipinski definition) is 2. The van der Waals surface area contributed by atoms with Gasteiger partial charge in [-0.2, -0.15) is 0 Å². The molecule has 0 atom stereocenters. The summed E-state index contributed by atoms with van der Waals surface area (Å²) in [5.74, 6) is 2.04. The maximum Gasteiger partial charge on any atom is 0.193 e. The van der Waals surface area contributed by atoms with Gasteiger partial charge in [-0.05, 0) is 50.9 Å². The molecule has 1 aromatic heterocycles. The lowest BCUT2D eigenvalue weighted by Crippen LogP contribution is -2.53. The van der Waals surface area contributed by atoms with Gasteiger partial charge in [0.15, 0.2) is 5.96 Å². The first-order valence-electron chi connectivity index (χ1n) is 11.2. The van der Waals surface area contributed by atoms with E-state index < -0.39 is 0 Å². The van der Waals surface area contributed by atoms with Crippen LogP contribution in [-0.2, 0) is 6.54 Å². The number of aromatic hydroxyl groups is 1. The Labute approximate surface area is 189 Å². The van der Waals surface area contributed by atoms with E-state index in [1.54, 1.807) is 17.4 Å². The molecule has 7 nitrogen and oxygen atoms in total. The van der Waals surface area contributed by atoms with Crippen molar-refractivity contribution in [2.75, 3.05) is 57.8 Å². The van der Waals surface area contributed by atoms with E-state index in [-0.39, 0.29) is 0 Å². The summed E-state index contributed by atoms with van der Waals surface area (Å²) >= 11 is 1.74. The van der Waals surface area contributed by atoms with Gasteiger partial charge in [-0.1, -0.05) is 12.1 Å². The summed E-state index contributed by atoms with van der Waals surface area (Å²) in [4.78, 5) is 16.2. The quantitative estimate of drug-likeness (QED) is 0.548. The molecule has 2 fully saturated rings. The molecule has 0 bridgehead atoms. The van der Waals surface area contributed by atoms with Gasteiger partial charge in [0.05, 0.1) is 16.4 Å². The number of para-hydroxylation sites is 2. The van der Waals surface area contributed by atoms with Gasteiger partial charge in [-0.25, -0.2) is 4.98 Å². The molecule has 0 unspecified atom stereocenters. The number of nitrogens with one attached hydrogen (secondary N) is 1. The largest absolute Gasteiger partial charge is 0.506 e. The van der Waals surface area contributed by atoms with Crippen LogP contribution in [0.3, 0.4) is 0 Å². The van der Waals surface area contributed by atoms with Crippen LogP contribution in [0, 0.1) is 12.8 Å². The van der Waals surface area contributed by atoms with Gasteiger partial charge in [-0.3, -0.25) is 9.89 Å². The molecule has 2 aromatic rings. The number of guanidine groups is 1. The lowest BCUT2D eigenvalue weighted by Gasteiger charge is -2.38. The Hall–Kier alpha value is -2.32. The molecule has 8 heteroatoms. The van der Waals surface area contributed by atoms with Gasteiger partial charge in [0.1, 0.15) is 5.75 Å². The maximum absolute atomic E-state index is 10.1. The standard InChI is InChI=1S/C23H34N6OS/c1-18-26-20(17-31-18)16-27-9-7-19(8-10-27)15-25-23(24-2)29-13-11-28(12-14-29)21-5-3-4-6-22(21)30/h3-6,17,19,30H,7-16H2,1-2H3,(H,24,25). The fourth-order valence-corrected chi connectivity index (χ4v) is 5.12. The Morgan fingerprint density at radius 2 is 1.90 bits per heavy atom. The highest BCUT2D eigenvalue weighted by Gasteiger charge is 2.23. The highest BCUT2D eigenvalue weighted by molar-refractivity contribution is 7.09. The van der Waals surface area contributed by atoms with Crippen molar-refractivity contribution >= 4 is 23.0 Å². The van der Waals surface area contributed by atoms with E-state index in [1.807, 2.05) is 25.2 Å². The second-order valence-electron chi connectivity index (χ2n) is 8.47. The van der Waals surface area contributed by atoms with Gasteiger partial charge in [0.25, 0.3) is 0 Å². The number of rotatable bonds is 5. The van der Waals surface area contributed by atoms with E-state index in [4.69, 9.17) is 0 Å². The minimum Gasteiger partial charge on any atom is -0.506 e. The fraction of sp³-hybridized carbons (Fsp3) is 0.565. The normalized spacial score (nSPS) is 19.1. The summed E-state index contributed by atoms with van der Waals surface area (Å²) < 4.78 is 0. The number of thiazole rings is 1. The predicted octanol–water partition coefficient (Wildman–Crippen LogP) is 2.77. The van der Waals surface area contributed by atoms with Crippen molar-refractivity contribution in [3.63, 3.8) is 0 Å². The van der Waals surface area contributed by atoms with Crippen LogP contribution in [0.2, 0.25) is 0 Å². The molecule has 1 aromatic carbocycles. The van der Waals surface area contributed by atoms with E-state index in [1.165, 1.54) is 18.5 Å². The van der Waals surface area contributed by atoms with Crippen LogP contribution in [0.1, 0.15) is 23.5 Å². The summed E-state index contributed by atoms with van der Waals surface area (Å²) in [7, 11) is 1.87. The SMILES string of the molecule is CN=C(NCC1CCN(Cc2csc(C)n2)CC1)N1CCN(c2ccccc2O)CC1. The van der Waals surface area contributed by atoms with Crippen molar-refractivity contribution in [3.8, 4) is 5.75 Å². The third-order valence-electron chi connectivity index (χ3n) is 6.32.